The molecule has 1 saturated heterocycles. The van der Waals surface area contributed by atoms with Gasteiger partial charge in [-0.1, -0.05) is 6.07 Å². The minimum Gasteiger partial charge on any atom is -0.389 e. The third kappa shape index (κ3) is 2.31. The van der Waals surface area contributed by atoms with Crippen molar-refractivity contribution in [3.05, 3.63) is 29.6 Å². The summed E-state index contributed by atoms with van der Waals surface area (Å²) in [6.07, 6.45) is -0.209. The Morgan fingerprint density at radius 1 is 1.61 bits per heavy atom. The first-order chi connectivity index (χ1) is 8.50. The summed E-state index contributed by atoms with van der Waals surface area (Å²) in [5.41, 5.74) is 6.20. The van der Waals surface area contributed by atoms with Crippen molar-refractivity contribution in [1.82, 2.24) is 0 Å². The Morgan fingerprint density at radius 3 is 2.89 bits per heavy atom. The normalized spacial score (nSPS) is 21.1. The average molecular weight is 252 g/mol. The number of carbonyl (C=O) groups excluding carboxylic acids is 1. The Labute approximate surface area is 105 Å². The topological polar surface area (TPSA) is 66.6 Å². The number of nitrogens with two attached hydrogens (primary N) is 1. The summed E-state index contributed by atoms with van der Waals surface area (Å²) in [5.74, 6) is -0.951. The van der Waals surface area contributed by atoms with Gasteiger partial charge in [-0.2, -0.15) is 0 Å². The van der Waals surface area contributed by atoms with Crippen molar-refractivity contribution in [2.24, 2.45) is 11.7 Å². The van der Waals surface area contributed by atoms with Crippen molar-refractivity contribution >= 4 is 11.6 Å². The van der Waals surface area contributed by atoms with E-state index in [0.717, 1.165) is 0 Å². The number of rotatable bonds is 3. The molecule has 1 aromatic rings. The fourth-order valence-electron chi connectivity index (χ4n) is 2.43. The molecule has 1 aliphatic heterocycles. The van der Waals surface area contributed by atoms with Gasteiger partial charge in [0.15, 0.2) is 0 Å². The van der Waals surface area contributed by atoms with Crippen LogP contribution >= 0.6 is 0 Å². The summed E-state index contributed by atoms with van der Waals surface area (Å²) >= 11 is 0. The van der Waals surface area contributed by atoms with Crippen LogP contribution in [0.2, 0.25) is 0 Å². The molecule has 0 radical (unpaired) electrons. The molecule has 0 spiro atoms. The van der Waals surface area contributed by atoms with E-state index in [1.807, 2.05) is 4.90 Å². The summed E-state index contributed by atoms with van der Waals surface area (Å²) in [7, 11) is 0. The molecule has 0 aromatic heterocycles. The van der Waals surface area contributed by atoms with Crippen molar-refractivity contribution in [1.29, 1.82) is 0 Å². The fourth-order valence-corrected chi connectivity index (χ4v) is 2.43. The summed E-state index contributed by atoms with van der Waals surface area (Å²) in [6.45, 7) is 2.67. The van der Waals surface area contributed by atoms with Gasteiger partial charge < -0.3 is 15.7 Å². The largest absolute Gasteiger partial charge is 0.389 e. The molecule has 4 nitrogen and oxygen atoms in total. The van der Waals surface area contributed by atoms with Gasteiger partial charge in [-0.05, 0) is 25.5 Å². The van der Waals surface area contributed by atoms with Gasteiger partial charge in [0.1, 0.15) is 5.82 Å². The summed E-state index contributed by atoms with van der Waals surface area (Å²) in [5, 5.41) is 9.66. The Hall–Kier alpha value is -1.62. The molecule has 1 fully saturated rings. The van der Waals surface area contributed by atoms with Crippen LogP contribution in [0, 0.1) is 11.7 Å². The Balaban J connectivity index is 2.30. The van der Waals surface area contributed by atoms with Gasteiger partial charge in [0.2, 0.25) is 5.91 Å². The number of halogens is 1. The molecule has 5 heteroatoms. The molecule has 1 amide bonds. The van der Waals surface area contributed by atoms with E-state index >= 15 is 0 Å². The number of amides is 1. The Bertz CT molecular complexity index is 462. The van der Waals surface area contributed by atoms with E-state index in [2.05, 4.69) is 0 Å². The molecular weight excluding hydrogens is 235 g/mol. The van der Waals surface area contributed by atoms with Crippen LogP contribution in [0.3, 0.4) is 0 Å². The lowest BCUT2D eigenvalue weighted by atomic mass is 10.1. The number of aliphatic hydroxyl groups is 1. The van der Waals surface area contributed by atoms with E-state index in [1.165, 1.54) is 13.0 Å². The molecule has 2 atom stereocenters. The molecular formula is C13H17FN2O2. The van der Waals surface area contributed by atoms with Crippen LogP contribution in [0.15, 0.2) is 18.2 Å². The predicted molar refractivity (Wildman–Crippen MR) is 66.5 cm³/mol. The maximum absolute atomic E-state index is 13.7. The fraction of sp³-hybridized carbons (Fsp3) is 0.462. The quantitative estimate of drug-likeness (QED) is 0.849. The SMILES string of the molecule is CC(O)c1c(F)cccc1N1CCC(C(N)=O)C1. The number of hydrogen-bond donors (Lipinski definition) is 2. The van der Waals surface area contributed by atoms with E-state index in [4.69, 9.17) is 5.73 Å². The molecule has 18 heavy (non-hydrogen) atoms. The second-order valence-corrected chi connectivity index (χ2v) is 4.68. The maximum Gasteiger partial charge on any atom is 0.222 e. The number of carbonyl (C=O) groups is 1. The van der Waals surface area contributed by atoms with Crippen LogP contribution in [0.25, 0.3) is 0 Å². The lowest BCUT2D eigenvalue weighted by Gasteiger charge is -2.23. The van der Waals surface area contributed by atoms with Gasteiger partial charge in [0.05, 0.1) is 12.0 Å². The van der Waals surface area contributed by atoms with E-state index in [1.54, 1.807) is 12.1 Å². The molecule has 0 aliphatic carbocycles. The van der Waals surface area contributed by atoms with Gasteiger partial charge in [0, 0.05) is 24.3 Å². The Kier molecular flexibility index (Phi) is 3.52. The lowest BCUT2D eigenvalue weighted by Crippen LogP contribution is -2.28. The number of aliphatic hydroxyl groups excluding tert-OH is 1. The third-order valence-corrected chi connectivity index (χ3v) is 3.38. The summed E-state index contributed by atoms with van der Waals surface area (Å²) in [4.78, 5) is 13.0. The van der Waals surface area contributed by atoms with Crippen LogP contribution in [-0.4, -0.2) is 24.1 Å². The highest BCUT2D eigenvalue weighted by Gasteiger charge is 2.29. The van der Waals surface area contributed by atoms with Crippen molar-refractivity contribution in [3.63, 3.8) is 0 Å². The van der Waals surface area contributed by atoms with Crippen LogP contribution in [0.1, 0.15) is 25.0 Å². The molecule has 1 aliphatic rings. The predicted octanol–water partition coefficient (Wildman–Crippen LogP) is 1.19. The number of benzene rings is 1. The molecule has 3 N–H and O–H groups in total. The van der Waals surface area contributed by atoms with Crippen molar-refractivity contribution in [3.8, 4) is 0 Å². The first-order valence-electron chi connectivity index (χ1n) is 6.01. The zero-order valence-corrected chi connectivity index (χ0v) is 10.3. The second kappa shape index (κ2) is 4.94. The maximum atomic E-state index is 13.7. The molecule has 1 aromatic carbocycles. The number of anilines is 1. The van der Waals surface area contributed by atoms with E-state index in [-0.39, 0.29) is 17.4 Å². The highest BCUT2D eigenvalue weighted by atomic mass is 19.1. The van der Waals surface area contributed by atoms with Crippen LogP contribution < -0.4 is 10.6 Å². The first kappa shape index (κ1) is 12.8. The van der Waals surface area contributed by atoms with E-state index in [0.29, 0.717) is 25.2 Å². The Morgan fingerprint density at radius 2 is 2.33 bits per heavy atom. The molecule has 2 unspecified atom stereocenters. The average Bonchev–Trinajstić information content (AvgIpc) is 2.77. The molecule has 1 heterocycles. The van der Waals surface area contributed by atoms with Gasteiger partial charge in [-0.15, -0.1) is 0 Å². The highest BCUT2D eigenvalue weighted by Crippen LogP contribution is 2.32. The monoisotopic (exact) mass is 252 g/mol. The van der Waals surface area contributed by atoms with Gasteiger partial charge in [0.25, 0.3) is 0 Å². The summed E-state index contributed by atoms with van der Waals surface area (Å²) < 4.78 is 13.7. The van der Waals surface area contributed by atoms with E-state index < -0.39 is 11.9 Å². The number of hydrogen-bond acceptors (Lipinski definition) is 3. The zero-order valence-electron chi connectivity index (χ0n) is 10.3. The second-order valence-electron chi connectivity index (χ2n) is 4.68. The zero-order chi connectivity index (χ0) is 13.3. The lowest BCUT2D eigenvalue weighted by molar-refractivity contribution is -0.121. The van der Waals surface area contributed by atoms with Crippen molar-refractivity contribution < 1.29 is 14.3 Å². The molecule has 0 bridgehead atoms. The first-order valence-corrected chi connectivity index (χ1v) is 6.01. The highest BCUT2D eigenvalue weighted by molar-refractivity contribution is 5.78. The van der Waals surface area contributed by atoms with Crippen LogP contribution in [-0.2, 0) is 4.79 Å². The minimum absolute atomic E-state index is 0.199. The number of nitrogens with zero attached hydrogens (tertiary/aromatic N) is 1. The molecule has 0 saturated carbocycles. The number of primary amides is 1. The van der Waals surface area contributed by atoms with Crippen molar-refractivity contribution in [2.45, 2.75) is 19.4 Å². The summed E-state index contributed by atoms with van der Waals surface area (Å²) in [6, 6.07) is 4.69. The van der Waals surface area contributed by atoms with Crippen LogP contribution in [0.5, 0.6) is 0 Å². The van der Waals surface area contributed by atoms with Gasteiger partial charge in [-0.3, -0.25) is 4.79 Å². The minimum atomic E-state index is -0.881. The third-order valence-electron chi connectivity index (χ3n) is 3.38. The van der Waals surface area contributed by atoms with Crippen molar-refractivity contribution in [2.75, 3.05) is 18.0 Å². The van der Waals surface area contributed by atoms with Gasteiger partial charge in [-0.25, -0.2) is 4.39 Å². The van der Waals surface area contributed by atoms with Crippen LogP contribution in [0.4, 0.5) is 10.1 Å². The smallest absolute Gasteiger partial charge is 0.222 e. The standard InChI is InChI=1S/C13H17FN2O2/c1-8(17)12-10(14)3-2-4-11(12)16-6-5-9(7-16)13(15)18/h2-4,8-9,17H,5-7H2,1H3,(H2,15,18). The van der Waals surface area contributed by atoms with Gasteiger partial charge >= 0.3 is 0 Å². The van der Waals surface area contributed by atoms with E-state index in [9.17, 15) is 14.3 Å². The molecule has 2 rings (SSSR count). The molecule has 98 valence electrons.